The SMILES string of the molecule is Cc1ccc(S(=O)(=O)Nc2ccc(Oc3ccc(C#N)c(C#N)c3)cc2)cc1. The second-order valence-electron chi connectivity index (χ2n) is 5.98. The molecule has 0 aliphatic carbocycles. The Morgan fingerprint density at radius 3 is 2.04 bits per heavy atom. The van der Waals surface area contributed by atoms with Gasteiger partial charge in [-0.25, -0.2) is 8.42 Å². The van der Waals surface area contributed by atoms with Gasteiger partial charge in [0.15, 0.2) is 0 Å². The molecule has 0 bridgehead atoms. The average molecular weight is 389 g/mol. The Morgan fingerprint density at radius 1 is 0.821 bits per heavy atom. The highest BCUT2D eigenvalue weighted by molar-refractivity contribution is 7.92. The number of rotatable bonds is 5. The molecule has 0 amide bonds. The molecule has 7 heteroatoms. The normalized spacial score (nSPS) is 10.5. The molecule has 0 unspecified atom stereocenters. The molecule has 0 aromatic heterocycles. The summed E-state index contributed by atoms with van der Waals surface area (Å²) in [5.41, 5.74) is 1.87. The van der Waals surface area contributed by atoms with Crippen LogP contribution in [0.2, 0.25) is 0 Å². The van der Waals surface area contributed by atoms with Crippen LogP contribution in [0.15, 0.2) is 71.6 Å². The fourth-order valence-corrected chi connectivity index (χ4v) is 3.49. The van der Waals surface area contributed by atoms with E-state index in [-0.39, 0.29) is 16.0 Å². The topological polar surface area (TPSA) is 103 Å². The van der Waals surface area contributed by atoms with E-state index in [0.717, 1.165) is 5.56 Å². The van der Waals surface area contributed by atoms with Crippen molar-refractivity contribution in [2.75, 3.05) is 4.72 Å². The maximum atomic E-state index is 12.4. The standard InChI is InChI=1S/C21H15N3O3S/c1-15-2-10-21(11-3-15)28(25,26)24-18-5-8-19(9-6-18)27-20-7-4-16(13-22)17(12-20)14-23/h2-12,24H,1H3. The van der Waals surface area contributed by atoms with Crippen molar-refractivity contribution in [3.05, 3.63) is 83.4 Å². The highest BCUT2D eigenvalue weighted by Crippen LogP contribution is 2.26. The van der Waals surface area contributed by atoms with Crippen LogP contribution in [-0.4, -0.2) is 8.42 Å². The number of sulfonamides is 1. The summed E-state index contributed by atoms with van der Waals surface area (Å²) in [6, 6.07) is 21.4. The first kappa shape index (κ1) is 19.0. The van der Waals surface area contributed by atoms with Gasteiger partial charge in [-0.2, -0.15) is 10.5 Å². The number of nitrogens with one attached hydrogen (secondary N) is 1. The Hall–Kier alpha value is -3.81. The van der Waals surface area contributed by atoms with Crippen molar-refractivity contribution in [3.8, 4) is 23.6 Å². The Bertz CT molecular complexity index is 1190. The third kappa shape index (κ3) is 4.29. The van der Waals surface area contributed by atoms with Gasteiger partial charge in [-0.05, 0) is 61.5 Å². The molecule has 3 aromatic carbocycles. The molecule has 138 valence electrons. The van der Waals surface area contributed by atoms with Gasteiger partial charge in [0.2, 0.25) is 0 Å². The van der Waals surface area contributed by atoms with Crippen LogP contribution in [0.1, 0.15) is 16.7 Å². The second-order valence-corrected chi connectivity index (χ2v) is 7.66. The quantitative estimate of drug-likeness (QED) is 0.699. The zero-order chi connectivity index (χ0) is 20.1. The maximum Gasteiger partial charge on any atom is 0.261 e. The molecule has 0 fully saturated rings. The van der Waals surface area contributed by atoms with Crippen LogP contribution in [0.4, 0.5) is 5.69 Å². The fraction of sp³-hybridized carbons (Fsp3) is 0.0476. The molecule has 3 rings (SSSR count). The monoisotopic (exact) mass is 389 g/mol. The Balaban J connectivity index is 1.74. The number of ether oxygens (including phenoxy) is 1. The Morgan fingerprint density at radius 2 is 1.43 bits per heavy atom. The molecule has 0 heterocycles. The van der Waals surface area contributed by atoms with Crippen molar-refractivity contribution in [2.45, 2.75) is 11.8 Å². The molecular weight excluding hydrogens is 374 g/mol. The van der Waals surface area contributed by atoms with E-state index in [9.17, 15) is 8.42 Å². The van der Waals surface area contributed by atoms with Crippen molar-refractivity contribution < 1.29 is 13.2 Å². The minimum Gasteiger partial charge on any atom is -0.457 e. The van der Waals surface area contributed by atoms with Crippen molar-refractivity contribution >= 4 is 15.7 Å². The Kier molecular flexibility index (Phi) is 5.30. The number of aryl methyl sites for hydroxylation is 1. The van der Waals surface area contributed by atoms with Gasteiger partial charge in [0.25, 0.3) is 10.0 Å². The van der Waals surface area contributed by atoms with E-state index in [1.54, 1.807) is 54.6 Å². The third-order valence-corrected chi connectivity index (χ3v) is 5.30. The summed E-state index contributed by atoms with van der Waals surface area (Å²) >= 11 is 0. The summed E-state index contributed by atoms with van der Waals surface area (Å²) in [4.78, 5) is 0.181. The van der Waals surface area contributed by atoms with Gasteiger partial charge in [0, 0.05) is 5.69 Å². The first-order valence-electron chi connectivity index (χ1n) is 8.23. The molecule has 1 N–H and O–H groups in total. The van der Waals surface area contributed by atoms with Crippen LogP contribution in [0.25, 0.3) is 0 Å². The number of nitriles is 2. The first-order valence-corrected chi connectivity index (χ1v) is 9.71. The lowest BCUT2D eigenvalue weighted by atomic mass is 10.1. The summed E-state index contributed by atoms with van der Waals surface area (Å²) in [6.07, 6.45) is 0. The van der Waals surface area contributed by atoms with Gasteiger partial charge in [0.05, 0.1) is 16.0 Å². The van der Waals surface area contributed by atoms with Crippen LogP contribution < -0.4 is 9.46 Å². The predicted octanol–water partition coefficient (Wildman–Crippen LogP) is 4.33. The number of hydrogen-bond donors (Lipinski definition) is 1. The molecule has 0 spiro atoms. The molecule has 6 nitrogen and oxygen atoms in total. The van der Waals surface area contributed by atoms with Crippen molar-refractivity contribution in [1.82, 2.24) is 0 Å². The maximum absolute atomic E-state index is 12.4. The number of hydrogen-bond acceptors (Lipinski definition) is 5. The summed E-state index contributed by atoms with van der Waals surface area (Å²) < 4.78 is 33.0. The van der Waals surface area contributed by atoms with Crippen LogP contribution in [-0.2, 0) is 10.0 Å². The molecule has 0 aliphatic heterocycles. The summed E-state index contributed by atoms with van der Waals surface area (Å²) in [5.74, 6) is 0.871. The molecular formula is C21H15N3O3S. The molecule has 0 atom stereocenters. The zero-order valence-corrected chi connectivity index (χ0v) is 15.7. The molecule has 3 aromatic rings. The number of benzene rings is 3. The molecule has 0 radical (unpaired) electrons. The minimum absolute atomic E-state index is 0.181. The fourth-order valence-electron chi connectivity index (χ4n) is 2.44. The van der Waals surface area contributed by atoms with E-state index >= 15 is 0 Å². The summed E-state index contributed by atoms with van der Waals surface area (Å²) in [5, 5.41) is 18.0. The minimum atomic E-state index is -3.68. The highest BCUT2D eigenvalue weighted by atomic mass is 32.2. The second kappa shape index (κ2) is 7.83. The lowest BCUT2D eigenvalue weighted by Crippen LogP contribution is -2.12. The molecule has 0 aliphatic rings. The highest BCUT2D eigenvalue weighted by Gasteiger charge is 2.14. The van der Waals surface area contributed by atoms with E-state index in [2.05, 4.69) is 4.72 Å². The van der Waals surface area contributed by atoms with Gasteiger partial charge in [-0.3, -0.25) is 4.72 Å². The van der Waals surface area contributed by atoms with E-state index in [0.29, 0.717) is 17.2 Å². The zero-order valence-electron chi connectivity index (χ0n) is 14.9. The van der Waals surface area contributed by atoms with Crippen LogP contribution in [0, 0.1) is 29.6 Å². The van der Waals surface area contributed by atoms with Gasteiger partial charge in [-0.15, -0.1) is 0 Å². The summed E-state index contributed by atoms with van der Waals surface area (Å²) in [7, 11) is -3.68. The Labute approximate surface area is 163 Å². The van der Waals surface area contributed by atoms with Crippen molar-refractivity contribution in [1.29, 1.82) is 10.5 Å². The van der Waals surface area contributed by atoms with E-state index in [4.69, 9.17) is 15.3 Å². The molecule has 0 saturated carbocycles. The largest absolute Gasteiger partial charge is 0.457 e. The lowest BCUT2D eigenvalue weighted by Gasteiger charge is -2.10. The van der Waals surface area contributed by atoms with Gasteiger partial charge in [-0.1, -0.05) is 17.7 Å². The van der Waals surface area contributed by atoms with Gasteiger partial charge in [0.1, 0.15) is 23.6 Å². The average Bonchev–Trinajstić information content (AvgIpc) is 2.69. The van der Waals surface area contributed by atoms with Gasteiger partial charge >= 0.3 is 0 Å². The van der Waals surface area contributed by atoms with E-state index in [1.807, 2.05) is 19.1 Å². The van der Waals surface area contributed by atoms with E-state index < -0.39 is 10.0 Å². The smallest absolute Gasteiger partial charge is 0.261 e. The third-order valence-electron chi connectivity index (χ3n) is 3.91. The number of nitrogens with zero attached hydrogens (tertiary/aromatic N) is 2. The first-order chi connectivity index (χ1) is 13.4. The predicted molar refractivity (Wildman–Crippen MR) is 104 cm³/mol. The van der Waals surface area contributed by atoms with E-state index in [1.165, 1.54) is 12.1 Å². The van der Waals surface area contributed by atoms with Gasteiger partial charge < -0.3 is 4.74 Å². The van der Waals surface area contributed by atoms with Crippen molar-refractivity contribution in [2.24, 2.45) is 0 Å². The number of anilines is 1. The van der Waals surface area contributed by atoms with Crippen LogP contribution in [0.5, 0.6) is 11.5 Å². The van der Waals surface area contributed by atoms with Crippen LogP contribution >= 0.6 is 0 Å². The molecule has 0 saturated heterocycles. The lowest BCUT2D eigenvalue weighted by molar-refractivity contribution is 0.482. The van der Waals surface area contributed by atoms with Crippen molar-refractivity contribution in [3.63, 3.8) is 0 Å². The molecule has 28 heavy (non-hydrogen) atoms. The van der Waals surface area contributed by atoms with Crippen LogP contribution in [0.3, 0.4) is 0 Å². The summed E-state index contributed by atoms with van der Waals surface area (Å²) in [6.45, 7) is 1.88.